The van der Waals surface area contributed by atoms with Crippen LogP contribution in [0, 0.1) is 5.92 Å². The van der Waals surface area contributed by atoms with E-state index < -0.39 is 5.60 Å². The molecule has 1 N–H and O–H groups in total. The quantitative estimate of drug-likeness (QED) is 0.845. The van der Waals surface area contributed by atoms with Gasteiger partial charge in [0, 0.05) is 19.6 Å². The lowest BCUT2D eigenvalue weighted by Gasteiger charge is -2.24. The summed E-state index contributed by atoms with van der Waals surface area (Å²) in [4.78, 5) is 25.5. The SMILES string of the molecule is CC(C)(C)OC(=O)N1CC[C@@H](CNCC(=O)c2ccco2)C1. The van der Waals surface area contributed by atoms with E-state index in [0.29, 0.717) is 31.3 Å². The fourth-order valence-electron chi connectivity index (χ4n) is 2.41. The Bertz CT molecular complexity index is 505. The fourth-order valence-corrected chi connectivity index (χ4v) is 2.41. The molecule has 6 heteroatoms. The Hall–Kier alpha value is -1.82. The standard InChI is InChI=1S/C16H24N2O4/c1-16(2,3)22-15(20)18-7-6-12(11-18)9-17-10-13(19)14-5-4-8-21-14/h4-5,8,12,17H,6-7,9-11H2,1-3H3/t12-/m0/s1. The first-order chi connectivity index (χ1) is 10.3. The smallest absolute Gasteiger partial charge is 0.410 e. The number of nitrogens with one attached hydrogen (secondary N) is 1. The highest BCUT2D eigenvalue weighted by molar-refractivity contribution is 5.94. The summed E-state index contributed by atoms with van der Waals surface area (Å²) in [6.45, 7) is 7.90. The summed E-state index contributed by atoms with van der Waals surface area (Å²) in [7, 11) is 0. The highest BCUT2D eigenvalue weighted by atomic mass is 16.6. The van der Waals surface area contributed by atoms with Crippen LogP contribution in [0.15, 0.2) is 22.8 Å². The molecule has 0 saturated carbocycles. The monoisotopic (exact) mass is 308 g/mol. The summed E-state index contributed by atoms with van der Waals surface area (Å²) in [5.74, 6) is 0.651. The molecule has 1 amide bonds. The summed E-state index contributed by atoms with van der Waals surface area (Å²) in [5, 5.41) is 3.13. The second kappa shape index (κ2) is 6.96. The number of hydrogen-bond acceptors (Lipinski definition) is 5. The molecule has 0 aromatic carbocycles. The zero-order valence-corrected chi connectivity index (χ0v) is 13.4. The van der Waals surface area contributed by atoms with Crippen molar-refractivity contribution in [2.45, 2.75) is 32.8 Å². The van der Waals surface area contributed by atoms with Crippen LogP contribution < -0.4 is 5.32 Å². The van der Waals surface area contributed by atoms with Gasteiger partial charge >= 0.3 is 6.09 Å². The number of Topliss-reactive ketones (excluding diaryl/α,β-unsaturated/α-hetero) is 1. The van der Waals surface area contributed by atoms with Gasteiger partial charge in [-0.15, -0.1) is 0 Å². The number of carbonyl (C=O) groups excluding carboxylic acids is 2. The van der Waals surface area contributed by atoms with Crippen LogP contribution in [0.3, 0.4) is 0 Å². The van der Waals surface area contributed by atoms with Crippen molar-refractivity contribution in [3.8, 4) is 0 Å². The number of furan rings is 1. The Kier molecular flexibility index (Phi) is 5.24. The van der Waals surface area contributed by atoms with Crippen molar-refractivity contribution in [3.05, 3.63) is 24.2 Å². The lowest BCUT2D eigenvalue weighted by atomic mass is 10.1. The molecule has 2 heterocycles. The number of nitrogens with zero attached hydrogens (tertiary/aromatic N) is 1. The summed E-state index contributed by atoms with van der Waals surface area (Å²) >= 11 is 0. The first-order valence-corrected chi connectivity index (χ1v) is 7.60. The van der Waals surface area contributed by atoms with E-state index in [-0.39, 0.29) is 18.4 Å². The molecule has 122 valence electrons. The molecule has 0 spiro atoms. The average molecular weight is 308 g/mol. The van der Waals surface area contributed by atoms with Crippen LogP contribution in [-0.2, 0) is 4.74 Å². The molecule has 1 aromatic heterocycles. The normalized spacial score (nSPS) is 18.5. The van der Waals surface area contributed by atoms with Gasteiger partial charge in [0.25, 0.3) is 0 Å². The van der Waals surface area contributed by atoms with Gasteiger partial charge in [-0.1, -0.05) is 0 Å². The third-order valence-corrected chi connectivity index (χ3v) is 3.45. The Morgan fingerprint density at radius 3 is 2.86 bits per heavy atom. The average Bonchev–Trinajstić information content (AvgIpc) is 3.08. The lowest BCUT2D eigenvalue weighted by molar-refractivity contribution is 0.0288. The summed E-state index contributed by atoms with van der Waals surface area (Å²) in [6, 6.07) is 3.35. The first kappa shape index (κ1) is 16.5. The third-order valence-electron chi connectivity index (χ3n) is 3.45. The zero-order valence-electron chi connectivity index (χ0n) is 13.4. The second-order valence-electron chi connectivity index (χ2n) is 6.61. The molecular weight excluding hydrogens is 284 g/mol. The minimum atomic E-state index is -0.469. The zero-order chi connectivity index (χ0) is 16.2. The highest BCUT2D eigenvalue weighted by Crippen LogP contribution is 2.18. The molecule has 6 nitrogen and oxygen atoms in total. The van der Waals surface area contributed by atoms with Gasteiger partial charge in [-0.2, -0.15) is 0 Å². The lowest BCUT2D eigenvalue weighted by Crippen LogP contribution is -2.36. The number of rotatable bonds is 5. The first-order valence-electron chi connectivity index (χ1n) is 7.60. The van der Waals surface area contributed by atoms with Gasteiger partial charge in [-0.25, -0.2) is 4.79 Å². The van der Waals surface area contributed by atoms with Crippen LogP contribution in [0.4, 0.5) is 4.79 Å². The van der Waals surface area contributed by atoms with Crippen molar-refractivity contribution < 1.29 is 18.7 Å². The Morgan fingerprint density at radius 2 is 2.23 bits per heavy atom. The van der Waals surface area contributed by atoms with Crippen LogP contribution >= 0.6 is 0 Å². The molecule has 22 heavy (non-hydrogen) atoms. The van der Waals surface area contributed by atoms with Crippen molar-refractivity contribution >= 4 is 11.9 Å². The molecule has 1 atom stereocenters. The maximum atomic E-state index is 12.0. The summed E-state index contributed by atoms with van der Waals surface area (Å²) in [5.41, 5.74) is -0.469. The van der Waals surface area contributed by atoms with Gasteiger partial charge in [0.1, 0.15) is 5.60 Å². The van der Waals surface area contributed by atoms with Crippen LogP contribution in [-0.4, -0.2) is 48.6 Å². The van der Waals surface area contributed by atoms with E-state index in [4.69, 9.17) is 9.15 Å². The maximum absolute atomic E-state index is 12.0. The summed E-state index contributed by atoms with van der Waals surface area (Å²) < 4.78 is 10.4. The van der Waals surface area contributed by atoms with E-state index in [2.05, 4.69) is 5.32 Å². The van der Waals surface area contributed by atoms with Crippen molar-refractivity contribution in [2.75, 3.05) is 26.2 Å². The minimum absolute atomic E-state index is 0.0630. The molecule has 2 rings (SSSR count). The molecule has 1 fully saturated rings. The van der Waals surface area contributed by atoms with Gasteiger partial charge in [0.05, 0.1) is 12.8 Å². The van der Waals surface area contributed by atoms with E-state index >= 15 is 0 Å². The Morgan fingerprint density at radius 1 is 1.45 bits per heavy atom. The van der Waals surface area contributed by atoms with Gasteiger partial charge in [-0.05, 0) is 45.2 Å². The number of ether oxygens (including phenoxy) is 1. The van der Waals surface area contributed by atoms with Crippen molar-refractivity contribution in [1.82, 2.24) is 10.2 Å². The van der Waals surface area contributed by atoms with Crippen LogP contribution in [0.2, 0.25) is 0 Å². The Balaban J connectivity index is 1.68. The number of carbonyl (C=O) groups is 2. The molecule has 1 aromatic rings. The number of likely N-dealkylation sites (tertiary alicyclic amines) is 1. The third kappa shape index (κ3) is 4.87. The minimum Gasteiger partial charge on any atom is -0.461 e. The predicted octanol–water partition coefficient (Wildman–Crippen LogP) is 2.31. The van der Waals surface area contributed by atoms with Crippen molar-refractivity contribution in [2.24, 2.45) is 5.92 Å². The largest absolute Gasteiger partial charge is 0.461 e. The van der Waals surface area contributed by atoms with E-state index in [0.717, 1.165) is 6.42 Å². The molecule has 0 bridgehead atoms. The van der Waals surface area contributed by atoms with Crippen LogP contribution in [0.1, 0.15) is 37.7 Å². The number of amides is 1. The predicted molar refractivity (Wildman–Crippen MR) is 81.8 cm³/mol. The number of hydrogen-bond donors (Lipinski definition) is 1. The molecule has 1 aliphatic rings. The van der Waals surface area contributed by atoms with Crippen LogP contribution in [0.25, 0.3) is 0 Å². The summed E-state index contributed by atoms with van der Waals surface area (Å²) in [6.07, 6.45) is 2.14. The van der Waals surface area contributed by atoms with Gasteiger partial charge < -0.3 is 19.4 Å². The van der Waals surface area contributed by atoms with Crippen molar-refractivity contribution in [1.29, 1.82) is 0 Å². The maximum Gasteiger partial charge on any atom is 0.410 e. The molecule has 0 radical (unpaired) electrons. The molecule has 0 aliphatic carbocycles. The topological polar surface area (TPSA) is 71.8 Å². The van der Waals surface area contributed by atoms with Crippen LogP contribution in [0.5, 0.6) is 0 Å². The second-order valence-corrected chi connectivity index (χ2v) is 6.61. The van der Waals surface area contributed by atoms with E-state index in [1.807, 2.05) is 20.8 Å². The highest BCUT2D eigenvalue weighted by Gasteiger charge is 2.29. The van der Waals surface area contributed by atoms with E-state index in [1.165, 1.54) is 6.26 Å². The van der Waals surface area contributed by atoms with E-state index in [9.17, 15) is 9.59 Å². The Labute approximate surface area is 130 Å². The molecule has 1 aliphatic heterocycles. The number of ketones is 1. The molecule has 1 saturated heterocycles. The van der Waals surface area contributed by atoms with Gasteiger partial charge in [-0.3, -0.25) is 4.79 Å². The van der Waals surface area contributed by atoms with Gasteiger partial charge in [0.15, 0.2) is 5.76 Å². The fraction of sp³-hybridized carbons (Fsp3) is 0.625. The van der Waals surface area contributed by atoms with E-state index in [1.54, 1.807) is 17.0 Å². The van der Waals surface area contributed by atoms with Gasteiger partial charge in [0.2, 0.25) is 5.78 Å². The van der Waals surface area contributed by atoms with Crippen molar-refractivity contribution in [3.63, 3.8) is 0 Å². The molecular formula is C16H24N2O4. The molecule has 0 unspecified atom stereocenters.